The summed E-state index contributed by atoms with van der Waals surface area (Å²) in [6.07, 6.45) is 1.50. The van der Waals surface area contributed by atoms with Crippen LogP contribution in [0.4, 0.5) is 11.8 Å². The Morgan fingerprint density at radius 2 is 2.05 bits per heavy atom. The third-order valence-corrected chi connectivity index (χ3v) is 3.27. The number of aromatic nitrogens is 2. The lowest BCUT2D eigenvalue weighted by atomic mass is 9.97. The molecule has 1 aromatic heterocycles. The summed E-state index contributed by atoms with van der Waals surface area (Å²) in [6, 6.07) is 1.74. The molecule has 1 fully saturated rings. The molecule has 104 valence electrons. The predicted octanol–water partition coefficient (Wildman–Crippen LogP) is 0.457. The highest BCUT2D eigenvalue weighted by molar-refractivity contribution is 5.72. The largest absolute Gasteiger partial charge is 0.481 e. The van der Waals surface area contributed by atoms with E-state index in [-0.39, 0.29) is 17.8 Å². The maximum Gasteiger partial charge on any atom is 0.308 e. The fourth-order valence-electron chi connectivity index (χ4n) is 2.21. The van der Waals surface area contributed by atoms with Crippen molar-refractivity contribution in [3.63, 3.8) is 0 Å². The number of ether oxygens (including phenoxy) is 2. The molecule has 1 aromatic rings. The number of carbonyl (C=O) groups is 1. The second-order valence-corrected chi connectivity index (χ2v) is 4.41. The third kappa shape index (κ3) is 3.04. The number of carbonyl (C=O) groups excluding carboxylic acids is 1. The van der Waals surface area contributed by atoms with E-state index in [1.807, 2.05) is 0 Å². The Labute approximate surface area is 111 Å². The first kappa shape index (κ1) is 13.4. The Morgan fingerprint density at radius 3 is 2.63 bits per heavy atom. The molecule has 0 atom stereocenters. The van der Waals surface area contributed by atoms with Crippen molar-refractivity contribution in [2.75, 3.05) is 37.9 Å². The Morgan fingerprint density at radius 1 is 1.37 bits per heavy atom. The molecule has 1 saturated heterocycles. The molecule has 0 bridgehead atoms. The van der Waals surface area contributed by atoms with Gasteiger partial charge in [-0.05, 0) is 12.8 Å². The van der Waals surface area contributed by atoms with E-state index >= 15 is 0 Å². The topological polar surface area (TPSA) is 90.6 Å². The molecular weight excluding hydrogens is 248 g/mol. The molecule has 0 spiro atoms. The molecule has 2 N–H and O–H groups in total. The fraction of sp³-hybridized carbons (Fsp3) is 0.583. The number of nitrogens with two attached hydrogens (primary N) is 1. The van der Waals surface area contributed by atoms with Crippen LogP contribution in [-0.4, -0.2) is 43.2 Å². The van der Waals surface area contributed by atoms with E-state index in [0.29, 0.717) is 5.88 Å². The van der Waals surface area contributed by atoms with Gasteiger partial charge in [-0.15, -0.1) is 0 Å². The van der Waals surface area contributed by atoms with Crippen LogP contribution in [0.15, 0.2) is 6.07 Å². The van der Waals surface area contributed by atoms with Crippen LogP contribution in [-0.2, 0) is 9.53 Å². The second-order valence-electron chi connectivity index (χ2n) is 4.41. The van der Waals surface area contributed by atoms with Gasteiger partial charge in [0, 0.05) is 19.2 Å². The third-order valence-electron chi connectivity index (χ3n) is 3.27. The standard InChI is InChI=1S/C12H18N4O3/c1-18-10-7-9(14-12(13)15-10)16-5-3-8(4-6-16)11(17)19-2/h7-8H,3-6H2,1-2H3,(H2,13,14,15). The van der Waals surface area contributed by atoms with Crippen LogP contribution in [0.1, 0.15) is 12.8 Å². The molecule has 0 amide bonds. The van der Waals surface area contributed by atoms with Gasteiger partial charge < -0.3 is 20.1 Å². The molecule has 0 saturated carbocycles. The van der Waals surface area contributed by atoms with Crippen molar-refractivity contribution in [2.24, 2.45) is 5.92 Å². The minimum atomic E-state index is -0.139. The van der Waals surface area contributed by atoms with Gasteiger partial charge in [-0.25, -0.2) is 0 Å². The summed E-state index contributed by atoms with van der Waals surface area (Å²) >= 11 is 0. The SMILES string of the molecule is COC(=O)C1CCN(c2cc(OC)nc(N)n2)CC1. The maximum atomic E-state index is 11.5. The number of nitrogens with zero attached hydrogens (tertiary/aromatic N) is 3. The van der Waals surface area contributed by atoms with Crippen LogP contribution in [0.5, 0.6) is 5.88 Å². The Kier molecular flexibility index (Phi) is 4.03. The molecular formula is C12H18N4O3. The monoisotopic (exact) mass is 266 g/mol. The average Bonchev–Trinajstić information content (AvgIpc) is 2.46. The Bertz CT molecular complexity index is 458. The Hall–Kier alpha value is -2.05. The summed E-state index contributed by atoms with van der Waals surface area (Å²) in [5.74, 6) is 1.19. The first-order chi connectivity index (χ1) is 9.13. The smallest absolute Gasteiger partial charge is 0.308 e. The van der Waals surface area contributed by atoms with E-state index in [1.54, 1.807) is 6.07 Å². The van der Waals surface area contributed by atoms with Crippen molar-refractivity contribution in [2.45, 2.75) is 12.8 Å². The number of piperidine rings is 1. The number of rotatable bonds is 3. The lowest BCUT2D eigenvalue weighted by Crippen LogP contribution is -2.37. The van der Waals surface area contributed by atoms with Crippen LogP contribution in [0.3, 0.4) is 0 Å². The summed E-state index contributed by atoms with van der Waals surface area (Å²) in [5, 5.41) is 0. The van der Waals surface area contributed by atoms with Crippen LogP contribution >= 0.6 is 0 Å². The van der Waals surface area contributed by atoms with Gasteiger partial charge in [0.05, 0.1) is 20.1 Å². The fourth-order valence-corrected chi connectivity index (χ4v) is 2.21. The van der Waals surface area contributed by atoms with E-state index < -0.39 is 0 Å². The molecule has 0 unspecified atom stereocenters. The van der Waals surface area contributed by atoms with Gasteiger partial charge in [0.1, 0.15) is 5.82 Å². The molecule has 1 aliphatic rings. The van der Waals surface area contributed by atoms with Gasteiger partial charge in [0.2, 0.25) is 11.8 Å². The second kappa shape index (κ2) is 5.73. The van der Waals surface area contributed by atoms with Crippen LogP contribution in [0.25, 0.3) is 0 Å². The van der Waals surface area contributed by atoms with E-state index in [2.05, 4.69) is 14.9 Å². The zero-order valence-corrected chi connectivity index (χ0v) is 11.1. The summed E-state index contributed by atoms with van der Waals surface area (Å²) in [6.45, 7) is 1.47. The van der Waals surface area contributed by atoms with Crippen LogP contribution in [0, 0.1) is 5.92 Å². The maximum absolute atomic E-state index is 11.5. The molecule has 7 nitrogen and oxygen atoms in total. The van der Waals surface area contributed by atoms with Gasteiger partial charge in [0.25, 0.3) is 0 Å². The highest BCUT2D eigenvalue weighted by Gasteiger charge is 2.26. The molecule has 0 aromatic carbocycles. The summed E-state index contributed by atoms with van der Waals surface area (Å²) in [7, 11) is 2.96. The molecule has 19 heavy (non-hydrogen) atoms. The number of nitrogen functional groups attached to an aromatic ring is 1. The summed E-state index contributed by atoms with van der Waals surface area (Å²) < 4.78 is 9.83. The summed E-state index contributed by atoms with van der Waals surface area (Å²) in [4.78, 5) is 21.7. The number of hydrogen-bond donors (Lipinski definition) is 1. The average molecular weight is 266 g/mol. The number of methoxy groups -OCH3 is 2. The first-order valence-electron chi connectivity index (χ1n) is 6.15. The van der Waals surface area contributed by atoms with E-state index in [1.165, 1.54) is 14.2 Å². The predicted molar refractivity (Wildman–Crippen MR) is 69.9 cm³/mol. The zero-order valence-electron chi connectivity index (χ0n) is 11.1. The van der Waals surface area contributed by atoms with Crippen molar-refractivity contribution in [3.05, 3.63) is 6.07 Å². The molecule has 0 aliphatic carbocycles. The van der Waals surface area contributed by atoms with Crippen molar-refractivity contribution >= 4 is 17.7 Å². The van der Waals surface area contributed by atoms with E-state index in [4.69, 9.17) is 15.2 Å². The minimum absolute atomic E-state index is 0.0256. The highest BCUT2D eigenvalue weighted by atomic mass is 16.5. The van der Waals surface area contributed by atoms with Crippen molar-refractivity contribution in [3.8, 4) is 5.88 Å². The molecule has 2 heterocycles. The van der Waals surface area contributed by atoms with Crippen molar-refractivity contribution in [1.82, 2.24) is 9.97 Å². The molecule has 1 aliphatic heterocycles. The lowest BCUT2D eigenvalue weighted by molar-refractivity contribution is -0.146. The van der Waals surface area contributed by atoms with Gasteiger partial charge in [-0.1, -0.05) is 0 Å². The minimum Gasteiger partial charge on any atom is -0.481 e. The molecule has 0 radical (unpaired) electrons. The van der Waals surface area contributed by atoms with Crippen molar-refractivity contribution in [1.29, 1.82) is 0 Å². The quantitative estimate of drug-likeness (QED) is 0.794. The highest BCUT2D eigenvalue weighted by Crippen LogP contribution is 2.25. The van der Waals surface area contributed by atoms with Gasteiger partial charge >= 0.3 is 5.97 Å². The van der Waals surface area contributed by atoms with Crippen LogP contribution < -0.4 is 15.4 Å². The normalized spacial score (nSPS) is 16.2. The van der Waals surface area contributed by atoms with Crippen LogP contribution in [0.2, 0.25) is 0 Å². The lowest BCUT2D eigenvalue weighted by Gasteiger charge is -2.31. The zero-order chi connectivity index (χ0) is 13.8. The molecule has 2 rings (SSSR count). The Balaban J connectivity index is 2.05. The van der Waals surface area contributed by atoms with Gasteiger partial charge in [-0.2, -0.15) is 9.97 Å². The van der Waals surface area contributed by atoms with E-state index in [9.17, 15) is 4.79 Å². The van der Waals surface area contributed by atoms with E-state index in [0.717, 1.165) is 31.7 Å². The number of anilines is 2. The first-order valence-corrected chi connectivity index (χ1v) is 6.15. The number of esters is 1. The number of hydrogen-bond acceptors (Lipinski definition) is 7. The van der Waals surface area contributed by atoms with Crippen molar-refractivity contribution < 1.29 is 14.3 Å². The van der Waals surface area contributed by atoms with Gasteiger partial charge in [-0.3, -0.25) is 4.79 Å². The molecule has 7 heteroatoms. The van der Waals surface area contributed by atoms with Gasteiger partial charge in [0.15, 0.2) is 0 Å². The summed E-state index contributed by atoms with van der Waals surface area (Å²) in [5.41, 5.74) is 5.64.